The molecule has 106 valence electrons. The van der Waals surface area contributed by atoms with Gasteiger partial charge in [0.05, 0.1) is 10.6 Å². The molecule has 0 spiro atoms. The van der Waals surface area contributed by atoms with E-state index in [1.807, 2.05) is 18.2 Å². The molecule has 20 heavy (non-hydrogen) atoms. The van der Waals surface area contributed by atoms with Crippen LogP contribution in [0.4, 0.5) is 0 Å². The lowest BCUT2D eigenvalue weighted by atomic mass is 10.1. The summed E-state index contributed by atoms with van der Waals surface area (Å²) >= 11 is 0. The number of nitrogens with one attached hydrogen (secondary N) is 1. The van der Waals surface area contributed by atoms with Crippen LogP contribution in [0.2, 0.25) is 0 Å². The summed E-state index contributed by atoms with van der Waals surface area (Å²) in [5, 5.41) is 8.34. The van der Waals surface area contributed by atoms with Gasteiger partial charge < -0.3 is 5.32 Å². The lowest BCUT2D eigenvalue weighted by Crippen LogP contribution is -2.17. The average molecular weight is 291 g/mol. The van der Waals surface area contributed by atoms with E-state index in [-0.39, 0.29) is 4.90 Å². The van der Waals surface area contributed by atoms with Crippen molar-refractivity contribution in [2.45, 2.75) is 17.9 Å². The van der Waals surface area contributed by atoms with E-state index in [1.54, 1.807) is 18.3 Å². The maximum absolute atomic E-state index is 11.1. The molecule has 1 aromatic carbocycles. The van der Waals surface area contributed by atoms with E-state index in [0.29, 0.717) is 0 Å². The van der Waals surface area contributed by atoms with Crippen molar-refractivity contribution in [3.8, 4) is 0 Å². The number of aromatic nitrogens is 1. The van der Waals surface area contributed by atoms with Gasteiger partial charge in [0, 0.05) is 12.7 Å². The van der Waals surface area contributed by atoms with E-state index >= 15 is 0 Å². The first-order valence-corrected chi connectivity index (χ1v) is 7.83. The zero-order chi connectivity index (χ0) is 14.4. The summed E-state index contributed by atoms with van der Waals surface area (Å²) in [4.78, 5) is 4.36. The molecule has 0 aliphatic heterocycles. The van der Waals surface area contributed by atoms with Crippen molar-refractivity contribution in [3.63, 3.8) is 0 Å². The van der Waals surface area contributed by atoms with Crippen molar-refractivity contribution in [2.75, 3.05) is 6.54 Å². The van der Waals surface area contributed by atoms with Crippen molar-refractivity contribution in [1.29, 1.82) is 0 Å². The van der Waals surface area contributed by atoms with E-state index in [4.69, 9.17) is 5.14 Å². The summed E-state index contributed by atoms with van der Waals surface area (Å²) in [6.45, 7) is 1.52. The Bertz CT molecular complexity index is 640. The van der Waals surface area contributed by atoms with Gasteiger partial charge in [-0.25, -0.2) is 13.6 Å². The van der Waals surface area contributed by atoms with Crippen LogP contribution in [-0.4, -0.2) is 19.9 Å². The Morgan fingerprint density at radius 3 is 2.45 bits per heavy atom. The third kappa shape index (κ3) is 4.41. The van der Waals surface area contributed by atoms with E-state index < -0.39 is 10.0 Å². The fraction of sp³-hybridized carbons (Fsp3) is 0.214. The zero-order valence-corrected chi connectivity index (χ0v) is 11.8. The molecule has 0 aliphatic rings. The van der Waals surface area contributed by atoms with Crippen LogP contribution in [0.25, 0.3) is 0 Å². The number of hydrogen-bond acceptors (Lipinski definition) is 4. The second kappa shape index (κ2) is 6.60. The van der Waals surface area contributed by atoms with Gasteiger partial charge in [-0.2, -0.15) is 0 Å². The van der Waals surface area contributed by atoms with Gasteiger partial charge in [0.25, 0.3) is 0 Å². The fourth-order valence-corrected chi connectivity index (χ4v) is 2.31. The lowest BCUT2D eigenvalue weighted by Gasteiger charge is -2.05. The van der Waals surface area contributed by atoms with Gasteiger partial charge in [-0.1, -0.05) is 18.2 Å². The maximum atomic E-state index is 11.1. The first-order chi connectivity index (χ1) is 9.55. The van der Waals surface area contributed by atoms with E-state index in [1.165, 1.54) is 12.1 Å². The molecule has 0 bridgehead atoms. The van der Waals surface area contributed by atoms with Gasteiger partial charge in [0.2, 0.25) is 10.0 Å². The highest BCUT2D eigenvalue weighted by Gasteiger charge is 2.06. The Hall–Kier alpha value is -1.76. The summed E-state index contributed by atoms with van der Waals surface area (Å²) in [7, 11) is -3.60. The van der Waals surface area contributed by atoms with E-state index in [0.717, 1.165) is 30.8 Å². The zero-order valence-electron chi connectivity index (χ0n) is 11.0. The number of pyridine rings is 1. The molecule has 2 rings (SSSR count). The molecule has 0 saturated carbocycles. The Kier molecular flexibility index (Phi) is 4.84. The monoisotopic (exact) mass is 291 g/mol. The summed E-state index contributed by atoms with van der Waals surface area (Å²) in [5.74, 6) is 0. The molecule has 0 aliphatic carbocycles. The van der Waals surface area contributed by atoms with Crippen LogP contribution in [0.15, 0.2) is 53.6 Å². The highest BCUT2D eigenvalue weighted by Crippen LogP contribution is 2.08. The minimum atomic E-state index is -3.60. The van der Waals surface area contributed by atoms with Crippen molar-refractivity contribution in [1.82, 2.24) is 10.3 Å². The third-order valence-corrected chi connectivity index (χ3v) is 3.80. The summed E-state index contributed by atoms with van der Waals surface area (Å²) in [5.41, 5.74) is 2.06. The van der Waals surface area contributed by atoms with Crippen LogP contribution in [0.3, 0.4) is 0 Å². The van der Waals surface area contributed by atoms with E-state index in [9.17, 15) is 8.42 Å². The first kappa shape index (κ1) is 14.6. The second-order valence-corrected chi connectivity index (χ2v) is 6.00. The number of rotatable bonds is 6. The Morgan fingerprint density at radius 1 is 1.10 bits per heavy atom. The summed E-state index contributed by atoms with van der Waals surface area (Å²) in [6, 6.07) is 12.4. The van der Waals surface area contributed by atoms with Gasteiger partial charge in [-0.3, -0.25) is 4.98 Å². The number of hydrogen-bond donors (Lipinski definition) is 2. The number of benzene rings is 1. The number of nitrogens with two attached hydrogens (primary N) is 1. The van der Waals surface area contributed by atoms with Crippen molar-refractivity contribution >= 4 is 10.0 Å². The average Bonchev–Trinajstić information content (AvgIpc) is 2.44. The van der Waals surface area contributed by atoms with Crippen LogP contribution in [-0.2, 0) is 23.0 Å². The smallest absolute Gasteiger partial charge is 0.238 e. The molecule has 5 nitrogen and oxygen atoms in total. The van der Waals surface area contributed by atoms with Gasteiger partial charge in [-0.15, -0.1) is 0 Å². The number of nitrogens with zero attached hydrogens (tertiary/aromatic N) is 1. The molecule has 0 saturated heterocycles. The van der Waals surface area contributed by atoms with Crippen LogP contribution >= 0.6 is 0 Å². The minimum absolute atomic E-state index is 0.141. The molecule has 0 atom stereocenters. The highest BCUT2D eigenvalue weighted by molar-refractivity contribution is 7.89. The Balaban J connectivity index is 1.80. The third-order valence-electron chi connectivity index (χ3n) is 2.87. The maximum Gasteiger partial charge on any atom is 0.238 e. The molecule has 1 aromatic heterocycles. The fourth-order valence-electron chi connectivity index (χ4n) is 1.80. The Morgan fingerprint density at radius 2 is 1.85 bits per heavy atom. The Labute approximate surface area is 118 Å². The van der Waals surface area contributed by atoms with Crippen molar-refractivity contribution in [2.24, 2.45) is 5.14 Å². The molecule has 1 heterocycles. The van der Waals surface area contributed by atoms with E-state index in [2.05, 4.69) is 10.3 Å². The summed E-state index contributed by atoms with van der Waals surface area (Å²) in [6.07, 6.45) is 2.58. The predicted octanol–water partition coefficient (Wildman–Crippen LogP) is 1.06. The van der Waals surface area contributed by atoms with Gasteiger partial charge in [0.1, 0.15) is 0 Å². The standard InChI is InChI=1S/C14H17N3O2S/c15-20(18,19)14-6-4-12(5-7-14)8-10-16-11-13-3-1-2-9-17-13/h1-7,9,16H,8,10-11H2,(H2,15,18,19). The van der Waals surface area contributed by atoms with Crippen LogP contribution < -0.4 is 10.5 Å². The van der Waals surface area contributed by atoms with Crippen molar-refractivity contribution < 1.29 is 8.42 Å². The predicted molar refractivity (Wildman–Crippen MR) is 77.5 cm³/mol. The largest absolute Gasteiger partial charge is 0.311 e. The van der Waals surface area contributed by atoms with Crippen LogP contribution in [0, 0.1) is 0 Å². The lowest BCUT2D eigenvalue weighted by molar-refractivity contribution is 0.597. The SMILES string of the molecule is NS(=O)(=O)c1ccc(CCNCc2ccccn2)cc1. The van der Waals surface area contributed by atoms with Gasteiger partial charge in [0.15, 0.2) is 0 Å². The molecule has 0 unspecified atom stereocenters. The normalized spacial score (nSPS) is 11.4. The van der Waals surface area contributed by atoms with Gasteiger partial charge >= 0.3 is 0 Å². The van der Waals surface area contributed by atoms with Crippen LogP contribution in [0.1, 0.15) is 11.3 Å². The first-order valence-electron chi connectivity index (χ1n) is 6.28. The van der Waals surface area contributed by atoms with Crippen LogP contribution in [0.5, 0.6) is 0 Å². The second-order valence-electron chi connectivity index (χ2n) is 4.44. The molecule has 0 amide bonds. The highest BCUT2D eigenvalue weighted by atomic mass is 32.2. The molecule has 2 aromatic rings. The molecule has 3 N–H and O–H groups in total. The molecule has 6 heteroatoms. The number of sulfonamides is 1. The topological polar surface area (TPSA) is 85.1 Å². The molecular weight excluding hydrogens is 274 g/mol. The van der Waals surface area contributed by atoms with Crippen molar-refractivity contribution in [3.05, 3.63) is 59.9 Å². The molecular formula is C14H17N3O2S. The molecule has 0 radical (unpaired) electrons. The quantitative estimate of drug-likeness (QED) is 0.779. The van der Waals surface area contributed by atoms with Gasteiger partial charge in [-0.05, 0) is 42.8 Å². The summed E-state index contributed by atoms with van der Waals surface area (Å²) < 4.78 is 22.2. The molecule has 0 fully saturated rings. The number of primary sulfonamides is 1. The minimum Gasteiger partial charge on any atom is -0.311 e.